The molecule has 1 amide bonds. The van der Waals surface area contributed by atoms with E-state index in [-0.39, 0.29) is 11.4 Å². The number of amides is 1. The number of anilines is 2. The van der Waals surface area contributed by atoms with Crippen LogP contribution in [0.3, 0.4) is 0 Å². The molecule has 0 atom stereocenters. The van der Waals surface area contributed by atoms with Crippen LogP contribution >= 0.6 is 0 Å². The summed E-state index contributed by atoms with van der Waals surface area (Å²) >= 11 is 0. The Balaban J connectivity index is 1.44. The third-order valence-corrected chi connectivity index (χ3v) is 6.60. The van der Waals surface area contributed by atoms with Gasteiger partial charge in [0.2, 0.25) is 0 Å². The van der Waals surface area contributed by atoms with Crippen molar-refractivity contribution in [3.8, 4) is 0 Å². The number of nitrogens with one attached hydrogen (secondary N) is 2. The minimum Gasteiger partial charge on any atom is -0.377 e. The molecule has 1 saturated heterocycles. The highest BCUT2D eigenvalue weighted by molar-refractivity contribution is 6.06. The average molecular weight is 420 g/mol. The van der Waals surface area contributed by atoms with E-state index < -0.39 is 0 Å². The zero-order valence-electron chi connectivity index (χ0n) is 19.0. The van der Waals surface area contributed by atoms with E-state index in [0.29, 0.717) is 6.04 Å². The summed E-state index contributed by atoms with van der Waals surface area (Å²) in [4.78, 5) is 25.3. The number of carbonyl (C=O) groups excluding carboxylic acids is 1. The van der Waals surface area contributed by atoms with Crippen LogP contribution in [0.15, 0.2) is 48.8 Å². The first-order valence-corrected chi connectivity index (χ1v) is 11.2. The number of para-hydroxylation sites is 1. The Morgan fingerprint density at radius 2 is 1.97 bits per heavy atom. The Hall–Kier alpha value is -3.02. The molecule has 1 aliphatic heterocycles. The molecular weight excluding hydrogens is 386 g/mol. The van der Waals surface area contributed by atoms with Gasteiger partial charge >= 0.3 is 0 Å². The predicted molar refractivity (Wildman–Crippen MR) is 128 cm³/mol. The van der Waals surface area contributed by atoms with Crippen molar-refractivity contribution in [2.24, 2.45) is 0 Å². The van der Waals surface area contributed by atoms with Crippen LogP contribution < -0.4 is 10.2 Å². The molecule has 2 N–H and O–H groups in total. The van der Waals surface area contributed by atoms with Gasteiger partial charge in [0.1, 0.15) is 0 Å². The fourth-order valence-corrected chi connectivity index (χ4v) is 4.28. The topological polar surface area (TPSA) is 64.3 Å². The zero-order chi connectivity index (χ0) is 22.0. The summed E-state index contributed by atoms with van der Waals surface area (Å²) in [5.41, 5.74) is 2.84. The summed E-state index contributed by atoms with van der Waals surface area (Å²) in [5.74, 6) is 1.09. The number of hydrogen-bond acceptors (Lipinski definition) is 4. The standard InChI is InChI=1S/C25H33N5O/c1-5-25(2,3)28-22-11-8-14-26-23(22)29(4)18-12-15-30(16-13-18)24(31)20-17-27-21-10-7-6-9-19(20)21/h6-11,14,17-18,27-28H,5,12-13,15-16H2,1-4H3. The van der Waals surface area contributed by atoms with Crippen LogP contribution in [0.25, 0.3) is 10.9 Å². The minimum atomic E-state index is 0.00768. The molecule has 164 valence electrons. The molecule has 31 heavy (non-hydrogen) atoms. The van der Waals surface area contributed by atoms with Crippen LogP contribution in [0, 0.1) is 0 Å². The van der Waals surface area contributed by atoms with E-state index in [0.717, 1.165) is 60.3 Å². The van der Waals surface area contributed by atoms with E-state index in [4.69, 9.17) is 0 Å². The molecule has 1 fully saturated rings. The molecule has 3 aromatic rings. The van der Waals surface area contributed by atoms with Crippen molar-refractivity contribution < 1.29 is 4.79 Å². The molecule has 0 aliphatic carbocycles. The Kier molecular flexibility index (Phi) is 5.90. The van der Waals surface area contributed by atoms with Gasteiger partial charge in [0.15, 0.2) is 5.82 Å². The first-order chi connectivity index (χ1) is 14.9. The number of piperidine rings is 1. The molecule has 4 rings (SSSR count). The van der Waals surface area contributed by atoms with Crippen LogP contribution in [0.2, 0.25) is 0 Å². The number of benzene rings is 1. The van der Waals surface area contributed by atoms with Crippen molar-refractivity contribution >= 4 is 28.3 Å². The fourth-order valence-electron chi connectivity index (χ4n) is 4.28. The number of rotatable bonds is 6. The Bertz CT molecular complexity index is 1050. The van der Waals surface area contributed by atoms with E-state index in [1.54, 1.807) is 0 Å². The second-order valence-corrected chi connectivity index (χ2v) is 9.12. The molecule has 6 heteroatoms. The maximum Gasteiger partial charge on any atom is 0.256 e. The number of pyridine rings is 1. The van der Waals surface area contributed by atoms with Crippen LogP contribution in [0.4, 0.5) is 11.5 Å². The van der Waals surface area contributed by atoms with Crippen LogP contribution in [0.1, 0.15) is 50.4 Å². The molecule has 0 radical (unpaired) electrons. The molecule has 1 aromatic carbocycles. The number of hydrogen-bond donors (Lipinski definition) is 2. The smallest absolute Gasteiger partial charge is 0.256 e. The lowest BCUT2D eigenvalue weighted by molar-refractivity contribution is 0.0715. The summed E-state index contributed by atoms with van der Waals surface area (Å²) in [6, 6.07) is 12.4. The summed E-state index contributed by atoms with van der Waals surface area (Å²) in [7, 11) is 2.12. The summed E-state index contributed by atoms with van der Waals surface area (Å²) in [6.45, 7) is 8.11. The van der Waals surface area contributed by atoms with Crippen molar-refractivity contribution in [1.29, 1.82) is 0 Å². The Morgan fingerprint density at radius 3 is 2.71 bits per heavy atom. The summed E-state index contributed by atoms with van der Waals surface area (Å²) < 4.78 is 0. The van der Waals surface area contributed by atoms with Gasteiger partial charge in [-0.3, -0.25) is 4.79 Å². The maximum atomic E-state index is 13.1. The molecule has 6 nitrogen and oxygen atoms in total. The van der Waals surface area contributed by atoms with E-state index in [1.165, 1.54) is 0 Å². The Morgan fingerprint density at radius 1 is 1.23 bits per heavy atom. The lowest BCUT2D eigenvalue weighted by atomic mass is 10.0. The quantitative estimate of drug-likeness (QED) is 0.596. The molecule has 2 aromatic heterocycles. The normalized spacial score (nSPS) is 15.3. The lowest BCUT2D eigenvalue weighted by Gasteiger charge is -2.38. The van der Waals surface area contributed by atoms with Crippen molar-refractivity contribution in [1.82, 2.24) is 14.9 Å². The van der Waals surface area contributed by atoms with Gasteiger partial charge in [0.25, 0.3) is 5.91 Å². The highest BCUT2D eigenvalue weighted by Crippen LogP contribution is 2.30. The predicted octanol–water partition coefficient (Wildman–Crippen LogP) is 4.90. The van der Waals surface area contributed by atoms with E-state index in [9.17, 15) is 4.79 Å². The van der Waals surface area contributed by atoms with Gasteiger partial charge < -0.3 is 20.1 Å². The third-order valence-electron chi connectivity index (χ3n) is 6.60. The van der Waals surface area contributed by atoms with E-state index in [2.05, 4.69) is 54.1 Å². The minimum absolute atomic E-state index is 0.00768. The maximum absolute atomic E-state index is 13.1. The van der Waals surface area contributed by atoms with Crippen LogP contribution in [-0.4, -0.2) is 52.5 Å². The number of likely N-dealkylation sites (tertiary alicyclic amines) is 1. The van der Waals surface area contributed by atoms with E-state index in [1.807, 2.05) is 47.6 Å². The van der Waals surface area contributed by atoms with Gasteiger partial charge in [0, 0.05) is 55.0 Å². The molecule has 0 spiro atoms. The summed E-state index contributed by atoms with van der Waals surface area (Å²) in [6.07, 6.45) is 6.58. The summed E-state index contributed by atoms with van der Waals surface area (Å²) in [5, 5.41) is 4.64. The highest BCUT2D eigenvalue weighted by atomic mass is 16.2. The van der Waals surface area contributed by atoms with E-state index >= 15 is 0 Å². The molecule has 3 heterocycles. The van der Waals surface area contributed by atoms with Gasteiger partial charge in [-0.15, -0.1) is 0 Å². The second kappa shape index (κ2) is 8.61. The van der Waals surface area contributed by atoms with Crippen molar-refractivity contribution in [2.75, 3.05) is 30.4 Å². The first-order valence-electron chi connectivity index (χ1n) is 11.2. The first kappa shape index (κ1) is 21.2. The SMILES string of the molecule is CCC(C)(C)Nc1cccnc1N(C)C1CCN(C(=O)c2c[nH]c3ccccc23)CC1. The number of fused-ring (bicyclic) bond motifs is 1. The van der Waals surface area contributed by atoms with Crippen molar-refractivity contribution in [2.45, 2.75) is 51.6 Å². The molecular formula is C25H33N5O. The number of aromatic nitrogens is 2. The zero-order valence-corrected chi connectivity index (χ0v) is 19.0. The monoisotopic (exact) mass is 419 g/mol. The third kappa shape index (κ3) is 4.38. The molecule has 0 bridgehead atoms. The largest absolute Gasteiger partial charge is 0.377 e. The molecule has 1 aliphatic rings. The number of aromatic amines is 1. The van der Waals surface area contributed by atoms with Gasteiger partial charge in [-0.25, -0.2) is 4.98 Å². The average Bonchev–Trinajstić information content (AvgIpc) is 3.22. The highest BCUT2D eigenvalue weighted by Gasteiger charge is 2.29. The Labute approximate surface area is 184 Å². The van der Waals surface area contributed by atoms with Crippen molar-refractivity contribution in [3.63, 3.8) is 0 Å². The van der Waals surface area contributed by atoms with Crippen LogP contribution in [0.5, 0.6) is 0 Å². The van der Waals surface area contributed by atoms with Gasteiger partial charge in [0.05, 0.1) is 11.3 Å². The second-order valence-electron chi connectivity index (χ2n) is 9.12. The van der Waals surface area contributed by atoms with Crippen LogP contribution in [-0.2, 0) is 0 Å². The molecule has 0 unspecified atom stereocenters. The number of nitrogens with zero attached hydrogens (tertiary/aromatic N) is 3. The molecule has 0 saturated carbocycles. The van der Waals surface area contributed by atoms with Gasteiger partial charge in [-0.2, -0.15) is 0 Å². The fraction of sp³-hybridized carbons (Fsp3) is 0.440. The lowest BCUT2D eigenvalue weighted by Crippen LogP contribution is -2.46. The van der Waals surface area contributed by atoms with Gasteiger partial charge in [-0.05, 0) is 51.3 Å². The number of H-pyrrole nitrogens is 1. The van der Waals surface area contributed by atoms with Crippen molar-refractivity contribution in [3.05, 3.63) is 54.4 Å². The number of carbonyl (C=O) groups is 1. The van der Waals surface area contributed by atoms with Gasteiger partial charge in [-0.1, -0.05) is 25.1 Å².